The number of carbonyl (C=O) groups excluding carboxylic acids is 1. The van der Waals surface area contributed by atoms with Crippen molar-refractivity contribution in [3.8, 4) is 0 Å². The Kier molecular flexibility index (Phi) is 4.53. The summed E-state index contributed by atoms with van der Waals surface area (Å²) < 4.78 is 5.53. The zero-order valence-corrected chi connectivity index (χ0v) is 14.8. The fraction of sp³-hybridized carbons (Fsp3) is 0.647. The molecule has 2 unspecified atom stereocenters. The maximum atomic E-state index is 12.5. The summed E-state index contributed by atoms with van der Waals surface area (Å²) in [6.45, 7) is 5.59. The van der Waals surface area contributed by atoms with Crippen molar-refractivity contribution in [2.75, 3.05) is 5.32 Å². The zero-order valence-electron chi connectivity index (χ0n) is 14.8. The number of ether oxygens (including phenoxy) is 1. The van der Waals surface area contributed by atoms with Crippen molar-refractivity contribution in [1.82, 2.24) is 9.88 Å². The number of carbonyl (C=O) groups is 1. The Bertz CT molecular complexity index is 659. The van der Waals surface area contributed by atoms with E-state index in [9.17, 15) is 14.9 Å². The van der Waals surface area contributed by atoms with Crippen LogP contribution in [0.1, 0.15) is 46.5 Å². The van der Waals surface area contributed by atoms with E-state index in [1.54, 1.807) is 12.3 Å². The standard InChI is InChI=1S/C17H24N4O4/c1-17(2,3)25-16(22)20-12-4-5-13(20)9-11(8-12)19-14-6-7-18-10-15(14)21(23)24/h6-7,10-13H,4-5,8-9H2,1-3H3,(H,18,19). The molecule has 3 heterocycles. The van der Waals surface area contributed by atoms with Crippen LogP contribution in [0.5, 0.6) is 0 Å². The summed E-state index contributed by atoms with van der Waals surface area (Å²) >= 11 is 0. The molecule has 2 bridgehead atoms. The summed E-state index contributed by atoms with van der Waals surface area (Å²) in [5, 5.41) is 14.4. The molecule has 1 amide bonds. The zero-order chi connectivity index (χ0) is 18.2. The molecule has 8 nitrogen and oxygen atoms in total. The predicted molar refractivity (Wildman–Crippen MR) is 92.4 cm³/mol. The van der Waals surface area contributed by atoms with E-state index in [1.165, 1.54) is 6.20 Å². The highest BCUT2D eigenvalue weighted by Gasteiger charge is 2.45. The van der Waals surface area contributed by atoms with E-state index >= 15 is 0 Å². The van der Waals surface area contributed by atoms with Crippen LogP contribution in [0.4, 0.5) is 16.2 Å². The van der Waals surface area contributed by atoms with Gasteiger partial charge in [-0.1, -0.05) is 0 Å². The predicted octanol–water partition coefficient (Wildman–Crippen LogP) is 3.33. The lowest BCUT2D eigenvalue weighted by molar-refractivity contribution is -0.384. The molecule has 2 atom stereocenters. The van der Waals surface area contributed by atoms with Gasteiger partial charge in [-0.2, -0.15) is 0 Å². The summed E-state index contributed by atoms with van der Waals surface area (Å²) in [5.41, 5.74) is -0.0527. The van der Waals surface area contributed by atoms with E-state index in [1.807, 2.05) is 25.7 Å². The van der Waals surface area contributed by atoms with Gasteiger partial charge in [-0.3, -0.25) is 15.1 Å². The van der Waals surface area contributed by atoms with Gasteiger partial charge in [-0.25, -0.2) is 4.79 Å². The topological polar surface area (TPSA) is 97.6 Å². The van der Waals surface area contributed by atoms with Gasteiger partial charge in [0.05, 0.1) is 4.92 Å². The summed E-state index contributed by atoms with van der Waals surface area (Å²) in [7, 11) is 0. The number of nitrogens with one attached hydrogen (secondary N) is 1. The molecular weight excluding hydrogens is 324 g/mol. The minimum Gasteiger partial charge on any atom is -0.444 e. The fourth-order valence-corrected chi connectivity index (χ4v) is 3.78. The maximum absolute atomic E-state index is 12.5. The van der Waals surface area contributed by atoms with Gasteiger partial charge in [-0.05, 0) is 52.5 Å². The number of piperidine rings is 1. The number of pyridine rings is 1. The molecule has 3 rings (SSSR count). The summed E-state index contributed by atoms with van der Waals surface area (Å²) in [5.74, 6) is 0. The minimum absolute atomic E-state index is 0.0237. The van der Waals surface area contributed by atoms with Crippen molar-refractivity contribution < 1.29 is 14.5 Å². The number of hydrogen-bond donors (Lipinski definition) is 1. The molecule has 0 saturated carbocycles. The second-order valence-corrected chi connectivity index (χ2v) is 7.74. The van der Waals surface area contributed by atoms with E-state index in [0.717, 1.165) is 25.7 Å². The first kappa shape index (κ1) is 17.4. The van der Waals surface area contributed by atoms with Crippen molar-refractivity contribution in [3.63, 3.8) is 0 Å². The number of amides is 1. The van der Waals surface area contributed by atoms with E-state index in [4.69, 9.17) is 4.74 Å². The highest BCUT2D eigenvalue weighted by molar-refractivity contribution is 5.70. The first-order valence-corrected chi connectivity index (χ1v) is 8.61. The molecule has 8 heteroatoms. The molecule has 0 spiro atoms. The molecule has 136 valence electrons. The van der Waals surface area contributed by atoms with Crippen molar-refractivity contribution in [2.45, 2.75) is 70.2 Å². The van der Waals surface area contributed by atoms with Gasteiger partial charge in [0.15, 0.2) is 0 Å². The molecule has 0 aliphatic carbocycles. The van der Waals surface area contributed by atoms with E-state index in [0.29, 0.717) is 5.69 Å². The molecule has 0 radical (unpaired) electrons. The van der Waals surface area contributed by atoms with Crippen LogP contribution in [0.15, 0.2) is 18.5 Å². The van der Waals surface area contributed by atoms with Crippen LogP contribution < -0.4 is 5.32 Å². The Labute approximate surface area is 146 Å². The highest BCUT2D eigenvalue weighted by Crippen LogP contribution is 2.38. The second kappa shape index (κ2) is 6.50. The fourth-order valence-electron chi connectivity index (χ4n) is 3.78. The lowest BCUT2D eigenvalue weighted by atomic mass is 9.97. The van der Waals surface area contributed by atoms with Crippen molar-refractivity contribution in [1.29, 1.82) is 0 Å². The number of rotatable bonds is 3. The van der Waals surface area contributed by atoms with Gasteiger partial charge in [0.1, 0.15) is 17.5 Å². The molecule has 2 aliphatic rings. The highest BCUT2D eigenvalue weighted by atomic mass is 16.6. The third-order valence-electron chi connectivity index (χ3n) is 4.69. The molecular formula is C17H24N4O4. The van der Waals surface area contributed by atoms with Crippen LogP contribution in [-0.2, 0) is 4.74 Å². The van der Waals surface area contributed by atoms with Gasteiger partial charge in [-0.15, -0.1) is 0 Å². The first-order chi connectivity index (χ1) is 11.7. The van der Waals surface area contributed by atoms with Crippen molar-refractivity contribution in [2.24, 2.45) is 0 Å². The molecule has 2 saturated heterocycles. The smallest absolute Gasteiger partial charge is 0.410 e. The van der Waals surface area contributed by atoms with Crippen LogP contribution in [0.3, 0.4) is 0 Å². The largest absolute Gasteiger partial charge is 0.444 e. The second-order valence-electron chi connectivity index (χ2n) is 7.74. The number of hydrogen-bond acceptors (Lipinski definition) is 6. The van der Waals surface area contributed by atoms with Gasteiger partial charge >= 0.3 is 11.8 Å². The van der Waals surface area contributed by atoms with Gasteiger partial charge in [0.2, 0.25) is 0 Å². The molecule has 1 aromatic rings. The maximum Gasteiger partial charge on any atom is 0.410 e. The number of aromatic nitrogens is 1. The quantitative estimate of drug-likeness (QED) is 0.664. The van der Waals surface area contributed by atoms with Crippen molar-refractivity contribution >= 4 is 17.5 Å². The molecule has 25 heavy (non-hydrogen) atoms. The molecule has 2 fully saturated rings. The number of fused-ring (bicyclic) bond motifs is 2. The van der Waals surface area contributed by atoms with Gasteiger partial charge in [0, 0.05) is 24.3 Å². The van der Waals surface area contributed by atoms with Gasteiger partial charge < -0.3 is 15.0 Å². The Morgan fingerprint density at radius 1 is 1.36 bits per heavy atom. The Morgan fingerprint density at radius 2 is 2.00 bits per heavy atom. The third kappa shape index (κ3) is 3.83. The number of nitrogens with zero attached hydrogens (tertiary/aromatic N) is 3. The molecule has 1 N–H and O–H groups in total. The Morgan fingerprint density at radius 3 is 2.56 bits per heavy atom. The van der Waals surface area contributed by atoms with Crippen LogP contribution in [-0.4, -0.2) is 44.6 Å². The third-order valence-corrected chi connectivity index (χ3v) is 4.69. The number of anilines is 1. The van der Waals surface area contributed by atoms with E-state index < -0.39 is 10.5 Å². The van der Waals surface area contributed by atoms with Crippen LogP contribution >= 0.6 is 0 Å². The normalized spacial score (nSPS) is 25.6. The van der Waals surface area contributed by atoms with Crippen LogP contribution in [0, 0.1) is 10.1 Å². The minimum atomic E-state index is -0.511. The summed E-state index contributed by atoms with van der Waals surface area (Å²) in [6.07, 6.45) is 5.95. The summed E-state index contributed by atoms with van der Waals surface area (Å²) in [4.78, 5) is 28.9. The van der Waals surface area contributed by atoms with E-state index in [2.05, 4.69) is 10.3 Å². The van der Waals surface area contributed by atoms with Crippen molar-refractivity contribution in [3.05, 3.63) is 28.6 Å². The van der Waals surface area contributed by atoms with Crippen LogP contribution in [0.25, 0.3) is 0 Å². The lowest BCUT2D eigenvalue weighted by Crippen LogP contribution is -2.51. The van der Waals surface area contributed by atoms with E-state index in [-0.39, 0.29) is 29.9 Å². The first-order valence-electron chi connectivity index (χ1n) is 8.61. The summed E-state index contributed by atoms with van der Waals surface area (Å²) in [6, 6.07) is 1.96. The average Bonchev–Trinajstić information content (AvgIpc) is 2.78. The SMILES string of the molecule is CC(C)(C)OC(=O)N1C2CCC1CC(Nc1ccncc1[N+](=O)[O-])C2. The monoisotopic (exact) mass is 348 g/mol. The molecule has 0 aromatic carbocycles. The number of nitro groups is 1. The van der Waals surface area contributed by atoms with Crippen LogP contribution in [0.2, 0.25) is 0 Å². The Hall–Kier alpha value is -2.38. The molecule has 2 aliphatic heterocycles. The molecule has 1 aromatic heterocycles. The van der Waals surface area contributed by atoms with Gasteiger partial charge in [0.25, 0.3) is 0 Å². The Balaban J connectivity index is 1.68. The lowest BCUT2D eigenvalue weighted by Gasteiger charge is -2.39. The average molecular weight is 348 g/mol.